The molecule has 21 heavy (non-hydrogen) atoms. The first-order valence-corrected chi connectivity index (χ1v) is 7.82. The molecule has 1 amide bonds. The molecule has 0 aliphatic carbocycles. The number of nitrogens with zero attached hydrogens (tertiary/aromatic N) is 1. The van der Waals surface area contributed by atoms with Crippen LogP contribution in [0.4, 0.5) is 0 Å². The van der Waals surface area contributed by atoms with E-state index in [0.717, 1.165) is 31.5 Å². The van der Waals surface area contributed by atoms with Crippen LogP contribution in [-0.4, -0.2) is 35.5 Å². The molecule has 1 saturated heterocycles. The molecule has 1 fully saturated rings. The Kier molecular flexibility index (Phi) is 5.56. The average Bonchev–Trinajstić information content (AvgIpc) is 2.84. The van der Waals surface area contributed by atoms with Gasteiger partial charge in [0.05, 0.1) is 12.2 Å². The van der Waals surface area contributed by atoms with Gasteiger partial charge in [0, 0.05) is 19.5 Å². The lowest BCUT2D eigenvalue weighted by molar-refractivity contribution is -0.127. The molecule has 2 N–H and O–H groups in total. The summed E-state index contributed by atoms with van der Waals surface area (Å²) in [6, 6.07) is 7.50. The standard InChI is InChI=1S/C16H22N2O2S/c1-2-12-10-15(19)18(11-12)8-5-9-20-14-7-4-3-6-13(14)16(17)21/h3-4,6-7,12H,2,5,8-11H2,1H3,(H2,17,21). The van der Waals surface area contributed by atoms with Crippen LogP contribution < -0.4 is 10.5 Å². The van der Waals surface area contributed by atoms with Gasteiger partial charge in [-0.1, -0.05) is 37.7 Å². The van der Waals surface area contributed by atoms with Crippen LogP contribution in [0.1, 0.15) is 31.7 Å². The van der Waals surface area contributed by atoms with E-state index in [1.54, 1.807) is 0 Å². The number of nitrogens with two attached hydrogens (primary N) is 1. The number of para-hydroxylation sites is 1. The summed E-state index contributed by atoms with van der Waals surface area (Å²) in [5, 5.41) is 0. The van der Waals surface area contributed by atoms with E-state index in [-0.39, 0.29) is 5.91 Å². The Hall–Kier alpha value is -1.62. The SMILES string of the molecule is CCC1CC(=O)N(CCCOc2ccccc2C(N)=S)C1. The minimum atomic E-state index is 0.269. The number of carbonyl (C=O) groups is 1. The molecule has 0 radical (unpaired) electrons. The summed E-state index contributed by atoms with van der Waals surface area (Å²) >= 11 is 5.00. The summed E-state index contributed by atoms with van der Waals surface area (Å²) in [6.45, 7) is 4.33. The fourth-order valence-corrected chi connectivity index (χ4v) is 2.75. The zero-order chi connectivity index (χ0) is 15.2. The van der Waals surface area contributed by atoms with Gasteiger partial charge in [0.1, 0.15) is 10.7 Å². The van der Waals surface area contributed by atoms with Gasteiger partial charge >= 0.3 is 0 Å². The highest BCUT2D eigenvalue weighted by Crippen LogP contribution is 2.21. The maximum atomic E-state index is 11.8. The molecule has 114 valence electrons. The van der Waals surface area contributed by atoms with Crippen LogP contribution in [0.5, 0.6) is 5.75 Å². The molecule has 1 heterocycles. The molecule has 5 heteroatoms. The molecule has 0 saturated carbocycles. The summed E-state index contributed by atoms with van der Waals surface area (Å²) in [4.78, 5) is 14.1. The molecular formula is C16H22N2O2S. The van der Waals surface area contributed by atoms with Crippen LogP contribution in [0.3, 0.4) is 0 Å². The molecule has 1 aliphatic rings. The highest BCUT2D eigenvalue weighted by molar-refractivity contribution is 7.80. The lowest BCUT2D eigenvalue weighted by atomic mass is 10.1. The molecule has 1 aromatic rings. The Balaban J connectivity index is 1.78. The summed E-state index contributed by atoms with van der Waals surface area (Å²) < 4.78 is 5.74. The van der Waals surface area contributed by atoms with Crippen molar-refractivity contribution in [3.63, 3.8) is 0 Å². The van der Waals surface area contributed by atoms with Crippen molar-refractivity contribution in [3.05, 3.63) is 29.8 Å². The minimum absolute atomic E-state index is 0.269. The number of thiocarbonyl (C=S) groups is 1. The number of amides is 1. The Morgan fingerprint density at radius 1 is 1.48 bits per heavy atom. The first kappa shape index (κ1) is 15.8. The van der Waals surface area contributed by atoms with Gasteiger partial charge in [-0.15, -0.1) is 0 Å². The van der Waals surface area contributed by atoms with Crippen LogP contribution >= 0.6 is 12.2 Å². The molecular weight excluding hydrogens is 284 g/mol. The maximum Gasteiger partial charge on any atom is 0.222 e. The van der Waals surface area contributed by atoms with Crippen molar-refractivity contribution in [1.29, 1.82) is 0 Å². The lowest BCUT2D eigenvalue weighted by Gasteiger charge is -2.17. The third kappa shape index (κ3) is 4.17. The predicted octanol–water partition coefficient (Wildman–Crippen LogP) is 2.35. The van der Waals surface area contributed by atoms with Gasteiger partial charge in [-0.05, 0) is 24.5 Å². The number of carbonyl (C=O) groups excluding carboxylic acids is 1. The summed E-state index contributed by atoms with van der Waals surface area (Å²) in [5.41, 5.74) is 6.43. The van der Waals surface area contributed by atoms with E-state index in [4.69, 9.17) is 22.7 Å². The van der Waals surface area contributed by atoms with Crippen LogP contribution in [0.15, 0.2) is 24.3 Å². The van der Waals surface area contributed by atoms with Gasteiger partial charge in [0.25, 0.3) is 0 Å². The van der Waals surface area contributed by atoms with Gasteiger partial charge in [-0.3, -0.25) is 4.79 Å². The highest BCUT2D eigenvalue weighted by Gasteiger charge is 2.27. The van der Waals surface area contributed by atoms with Gasteiger partial charge in [-0.25, -0.2) is 0 Å². The van der Waals surface area contributed by atoms with E-state index in [0.29, 0.717) is 29.7 Å². The van der Waals surface area contributed by atoms with Crippen LogP contribution in [0.25, 0.3) is 0 Å². The van der Waals surface area contributed by atoms with E-state index >= 15 is 0 Å². The van der Waals surface area contributed by atoms with E-state index in [1.165, 1.54) is 0 Å². The number of benzene rings is 1. The fourth-order valence-electron chi connectivity index (χ4n) is 2.58. The number of hydrogen-bond donors (Lipinski definition) is 1. The van der Waals surface area contributed by atoms with Crippen molar-refractivity contribution in [1.82, 2.24) is 4.90 Å². The van der Waals surface area contributed by atoms with E-state index in [9.17, 15) is 4.79 Å². The molecule has 0 spiro atoms. The monoisotopic (exact) mass is 306 g/mol. The van der Waals surface area contributed by atoms with Gasteiger partial charge < -0.3 is 15.4 Å². The Morgan fingerprint density at radius 3 is 2.90 bits per heavy atom. The Morgan fingerprint density at radius 2 is 2.24 bits per heavy atom. The second kappa shape index (κ2) is 7.41. The lowest BCUT2D eigenvalue weighted by Crippen LogP contribution is -2.27. The number of likely N-dealkylation sites (tertiary alicyclic amines) is 1. The topological polar surface area (TPSA) is 55.6 Å². The molecule has 0 aromatic heterocycles. The van der Waals surface area contributed by atoms with Gasteiger partial charge in [0.2, 0.25) is 5.91 Å². The fraction of sp³-hybridized carbons (Fsp3) is 0.500. The van der Waals surface area contributed by atoms with E-state index in [1.807, 2.05) is 29.2 Å². The van der Waals surface area contributed by atoms with E-state index < -0.39 is 0 Å². The second-order valence-corrected chi connectivity index (χ2v) is 5.82. The number of rotatable bonds is 7. The molecule has 1 aliphatic heterocycles. The average molecular weight is 306 g/mol. The normalized spacial score (nSPS) is 18.0. The van der Waals surface area contributed by atoms with Gasteiger partial charge in [0.15, 0.2) is 0 Å². The van der Waals surface area contributed by atoms with Crippen LogP contribution in [0, 0.1) is 5.92 Å². The summed E-state index contributed by atoms with van der Waals surface area (Å²) in [7, 11) is 0. The van der Waals surface area contributed by atoms with Crippen LogP contribution in [-0.2, 0) is 4.79 Å². The predicted molar refractivity (Wildman–Crippen MR) is 87.4 cm³/mol. The summed E-state index contributed by atoms with van der Waals surface area (Å²) in [6.07, 6.45) is 2.58. The van der Waals surface area contributed by atoms with E-state index in [2.05, 4.69) is 6.92 Å². The minimum Gasteiger partial charge on any atom is -0.493 e. The second-order valence-electron chi connectivity index (χ2n) is 5.38. The zero-order valence-electron chi connectivity index (χ0n) is 12.4. The van der Waals surface area contributed by atoms with Crippen LogP contribution in [0.2, 0.25) is 0 Å². The molecule has 4 nitrogen and oxygen atoms in total. The molecule has 0 bridgehead atoms. The van der Waals surface area contributed by atoms with Crippen molar-refractivity contribution >= 4 is 23.1 Å². The Labute approximate surface area is 131 Å². The quantitative estimate of drug-likeness (QED) is 0.620. The van der Waals surface area contributed by atoms with Gasteiger partial charge in [-0.2, -0.15) is 0 Å². The third-order valence-corrected chi connectivity index (χ3v) is 4.07. The molecule has 1 aromatic carbocycles. The zero-order valence-corrected chi connectivity index (χ0v) is 13.2. The smallest absolute Gasteiger partial charge is 0.222 e. The number of hydrogen-bond acceptors (Lipinski definition) is 3. The maximum absolute atomic E-state index is 11.8. The number of ether oxygens (including phenoxy) is 1. The summed E-state index contributed by atoms with van der Waals surface area (Å²) in [5.74, 6) is 1.50. The van der Waals surface area contributed by atoms with Crippen molar-refractivity contribution in [2.24, 2.45) is 11.7 Å². The molecule has 2 rings (SSSR count). The van der Waals surface area contributed by atoms with Crippen molar-refractivity contribution in [3.8, 4) is 5.75 Å². The molecule has 1 unspecified atom stereocenters. The molecule has 1 atom stereocenters. The van der Waals surface area contributed by atoms with Crippen molar-refractivity contribution < 1.29 is 9.53 Å². The third-order valence-electron chi connectivity index (χ3n) is 3.85. The highest BCUT2D eigenvalue weighted by atomic mass is 32.1. The first-order valence-electron chi connectivity index (χ1n) is 7.41. The largest absolute Gasteiger partial charge is 0.493 e. The Bertz CT molecular complexity index is 519. The van der Waals surface area contributed by atoms with Crippen molar-refractivity contribution in [2.75, 3.05) is 19.7 Å². The first-order chi connectivity index (χ1) is 10.1. The van der Waals surface area contributed by atoms with Crippen molar-refractivity contribution in [2.45, 2.75) is 26.2 Å².